The Morgan fingerprint density at radius 1 is 1.62 bits per heavy atom. The maximum absolute atomic E-state index is 12.7. The molecule has 0 aromatic carbocycles. The Morgan fingerprint density at radius 2 is 2.31 bits per heavy atom. The molecule has 0 radical (unpaired) electrons. The summed E-state index contributed by atoms with van der Waals surface area (Å²) in [5.41, 5.74) is 5.50. The number of nitro groups is 1. The lowest BCUT2D eigenvalue weighted by molar-refractivity contribution is -0.389. The molecule has 70 valence electrons. The quantitative estimate of drug-likeness (QED) is 0.553. The van der Waals surface area contributed by atoms with Crippen LogP contribution in [0, 0.1) is 15.9 Å². The first kappa shape index (κ1) is 9.53. The Bertz CT molecular complexity index is 330. The summed E-state index contributed by atoms with van der Waals surface area (Å²) in [5, 5.41) is 10.3. The molecule has 0 unspecified atom stereocenters. The predicted molar refractivity (Wildman–Crippen MR) is 43.6 cm³/mol. The smallest absolute Gasteiger partial charge is 0.358 e. The van der Waals surface area contributed by atoms with Crippen LogP contribution in [0.1, 0.15) is 5.69 Å². The van der Waals surface area contributed by atoms with Crippen LogP contribution in [0.3, 0.4) is 0 Å². The van der Waals surface area contributed by atoms with E-state index in [4.69, 9.17) is 5.73 Å². The Morgan fingerprint density at radius 3 is 2.85 bits per heavy atom. The molecule has 0 bridgehead atoms. The minimum Gasteiger partial charge on any atom is -0.358 e. The molecule has 5 nitrogen and oxygen atoms in total. The lowest BCUT2D eigenvalue weighted by Gasteiger charge is -1.95. The van der Waals surface area contributed by atoms with E-state index >= 15 is 0 Å². The summed E-state index contributed by atoms with van der Waals surface area (Å²) in [5.74, 6) is -1.14. The SMILES string of the molecule is NCCc1cc(F)cc([N+](=O)[O-])n1. The minimum atomic E-state index is -0.733. The average Bonchev–Trinajstić information content (AvgIpc) is 2.03. The fourth-order valence-corrected chi connectivity index (χ4v) is 0.905. The van der Waals surface area contributed by atoms with Crippen molar-refractivity contribution in [2.75, 3.05) is 6.54 Å². The molecule has 0 saturated heterocycles. The molecule has 0 amide bonds. The van der Waals surface area contributed by atoms with Gasteiger partial charge in [-0.3, -0.25) is 0 Å². The van der Waals surface area contributed by atoms with Gasteiger partial charge in [0.25, 0.3) is 0 Å². The van der Waals surface area contributed by atoms with E-state index < -0.39 is 16.6 Å². The Hall–Kier alpha value is -1.56. The molecule has 0 spiro atoms. The third kappa shape index (κ3) is 2.45. The van der Waals surface area contributed by atoms with Gasteiger partial charge in [-0.25, -0.2) is 4.39 Å². The van der Waals surface area contributed by atoms with Crippen LogP contribution >= 0.6 is 0 Å². The van der Waals surface area contributed by atoms with Crippen LogP contribution < -0.4 is 5.73 Å². The Kier molecular flexibility index (Phi) is 2.86. The fraction of sp³-hybridized carbons (Fsp3) is 0.286. The maximum Gasteiger partial charge on any atom is 0.366 e. The monoisotopic (exact) mass is 185 g/mol. The molecule has 13 heavy (non-hydrogen) atoms. The second-order valence-corrected chi connectivity index (χ2v) is 2.43. The van der Waals surface area contributed by atoms with Gasteiger partial charge in [0, 0.05) is 19.0 Å². The molecular weight excluding hydrogens is 177 g/mol. The molecule has 0 aliphatic heterocycles. The highest BCUT2D eigenvalue weighted by molar-refractivity contribution is 5.23. The summed E-state index contributed by atoms with van der Waals surface area (Å²) in [7, 11) is 0. The molecule has 0 aliphatic carbocycles. The van der Waals surface area contributed by atoms with Crippen molar-refractivity contribution >= 4 is 5.82 Å². The third-order valence-corrected chi connectivity index (χ3v) is 1.42. The maximum atomic E-state index is 12.7. The fourth-order valence-electron chi connectivity index (χ4n) is 0.905. The highest BCUT2D eigenvalue weighted by Crippen LogP contribution is 2.11. The zero-order chi connectivity index (χ0) is 9.84. The lowest BCUT2D eigenvalue weighted by atomic mass is 10.2. The zero-order valence-corrected chi connectivity index (χ0v) is 6.74. The summed E-state index contributed by atoms with van der Waals surface area (Å²) in [6, 6.07) is 1.92. The summed E-state index contributed by atoms with van der Waals surface area (Å²) < 4.78 is 12.7. The van der Waals surface area contributed by atoms with Crippen molar-refractivity contribution < 1.29 is 9.31 Å². The van der Waals surface area contributed by atoms with Crippen LogP contribution in [0.2, 0.25) is 0 Å². The van der Waals surface area contributed by atoms with Gasteiger partial charge in [0.05, 0.1) is 6.07 Å². The van der Waals surface area contributed by atoms with Crippen molar-refractivity contribution in [3.05, 3.63) is 33.8 Å². The molecule has 2 N–H and O–H groups in total. The van der Waals surface area contributed by atoms with Gasteiger partial charge in [-0.05, 0) is 9.91 Å². The predicted octanol–water partition coefficient (Wildman–Crippen LogP) is 0.630. The highest BCUT2D eigenvalue weighted by Gasteiger charge is 2.12. The number of nitrogens with two attached hydrogens (primary N) is 1. The molecule has 0 atom stereocenters. The average molecular weight is 185 g/mol. The van der Waals surface area contributed by atoms with Crippen LogP contribution in [0.4, 0.5) is 10.2 Å². The van der Waals surface area contributed by atoms with Gasteiger partial charge in [-0.2, -0.15) is 0 Å². The number of aromatic nitrogens is 1. The van der Waals surface area contributed by atoms with Gasteiger partial charge < -0.3 is 15.8 Å². The van der Waals surface area contributed by atoms with E-state index in [0.29, 0.717) is 12.1 Å². The van der Waals surface area contributed by atoms with Crippen LogP contribution in [0.5, 0.6) is 0 Å². The topological polar surface area (TPSA) is 82.0 Å². The van der Waals surface area contributed by atoms with Crippen molar-refractivity contribution in [1.82, 2.24) is 4.98 Å². The molecule has 0 aliphatic rings. The zero-order valence-electron chi connectivity index (χ0n) is 6.74. The van der Waals surface area contributed by atoms with E-state index in [1.807, 2.05) is 0 Å². The van der Waals surface area contributed by atoms with Crippen LogP contribution in [0.15, 0.2) is 12.1 Å². The van der Waals surface area contributed by atoms with Gasteiger partial charge >= 0.3 is 5.82 Å². The van der Waals surface area contributed by atoms with E-state index in [0.717, 1.165) is 12.1 Å². The molecular formula is C7H8FN3O2. The summed E-state index contributed by atoms with van der Waals surface area (Å²) in [6.45, 7) is 0.285. The van der Waals surface area contributed by atoms with Crippen LogP contribution in [-0.2, 0) is 6.42 Å². The van der Waals surface area contributed by atoms with Gasteiger partial charge in [-0.1, -0.05) is 0 Å². The van der Waals surface area contributed by atoms with Gasteiger partial charge in [0.2, 0.25) is 0 Å². The molecule has 1 heterocycles. The lowest BCUT2D eigenvalue weighted by Crippen LogP contribution is -2.06. The third-order valence-electron chi connectivity index (χ3n) is 1.42. The molecule has 0 saturated carbocycles. The number of nitrogens with zero attached hydrogens (tertiary/aromatic N) is 2. The van der Waals surface area contributed by atoms with E-state index in [-0.39, 0.29) is 6.54 Å². The first-order chi connectivity index (χ1) is 6.13. The van der Waals surface area contributed by atoms with Crippen molar-refractivity contribution in [1.29, 1.82) is 0 Å². The van der Waals surface area contributed by atoms with E-state index in [1.54, 1.807) is 0 Å². The minimum absolute atomic E-state index is 0.285. The van der Waals surface area contributed by atoms with Gasteiger partial charge in [-0.15, -0.1) is 0 Å². The van der Waals surface area contributed by atoms with Gasteiger partial charge in [0.1, 0.15) is 5.82 Å². The van der Waals surface area contributed by atoms with Crippen molar-refractivity contribution in [3.63, 3.8) is 0 Å². The second-order valence-electron chi connectivity index (χ2n) is 2.43. The largest absolute Gasteiger partial charge is 0.366 e. The first-order valence-corrected chi connectivity index (χ1v) is 3.64. The molecule has 1 aromatic rings. The number of pyridine rings is 1. The number of halogens is 1. The Balaban J connectivity index is 3.03. The van der Waals surface area contributed by atoms with E-state index in [9.17, 15) is 14.5 Å². The Labute approximate surface area is 73.5 Å². The molecule has 1 rings (SSSR count). The molecule has 1 aromatic heterocycles. The van der Waals surface area contributed by atoms with Crippen molar-refractivity contribution in [2.45, 2.75) is 6.42 Å². The highest BCUT2D eigenvalue weighted by atomic mass is 19.1. The number of hydrogen-bond donors (Lipinski definition) is 1. The molecule has 0 fully saturated rings. The number of rotatable bonds is 3. The normalized spacial score (nSPS) is 10.0. The second kappa shape index (κ2) is 3.90. The van der Waals surface area contributed by atoms with E-state index in [1.165, 1.54) is 0 Å². The summed E-state index contributed by atoms with van der Waals surface area (Å²) in [4.78, 5) is 13.1. The van der Waals surface area contributed by atoms with Crippen LogP contribution in [0.25, 0.3) is 0 Å². The standard InChI is InChI=1S/C7H8FN3O2/c8-5-3-6(1-2-9)10-7(4-5)11(12)13/h3-4H,1-2,9H2. The van der Waals surface area contributed by atoms with Crippen molar-refractivity contribution in [2.24, 2.45) is 5.73 Å². The number of hydrogen-bond acceptors (Lipinski definition) is 4. The van der Waals surface area contributed by atoms with E-state index in [2.05, 4.69) is 4.98 Å². The van der Waals surface area contributed by atoms with Crippen molar-refractivity contribution in [3.8, 4) is 0 Å². The summed E-state index contributed by atoms with van der Waals surface area (Å²) in [6.07, 6.45) is 0.332. The molecule has 6 heteroatoms. The summed E-state index contributed by atoms with van der Waals surface area (Å²) >= 11 is 0. The van der Waals surface area contributed by atoms with Gasteiger partial charge in [0.15, 0.2) is 5.69 Å². The van der Waals surface area contributed by atoms with Crippen LogP contribution in [-0.4, -0.2) is 16.5 Å². The first-order valence-electron chi connectivity index (χ1n) is 3.64.